The molecule has 1 saturated heterocycles. The first kappa shape index (κ1) is 20.9. The van der Waals surface area contributed by atoms with E-state index >= 15 is 0 Å². The summed E-state index contributed by atoms with van der Waals surface area (Å²) in [6.07, 6.45) is 3.56. The predicted octanol–water partition coefficient (Wildman–Crippen LogP) is 6.18. The minimum atomic E-state index is -0.415. The molecule has 2 aliphatic rings. The fourth-order valence-corrected chi connectivity index (χ4v) is 7.46. The lowest BCUT2D eigenvalue weighted by Crippen LogP contribution is -2.34. The summed E-state index contributed by atoms with van der Waals surface area (Å²) in [4.78, 5) is 20.1. The molecule has 2 atom stereocenters. The molecule has 3 heterocycles. The highest BCUT2D eigenvalue weighted by Gasteiger charge is 2.49. The Bertz CT molecular complexity index is 1420. The lowest BCUT2D eigenvalue weighted by molar-refractivity contribution is 0.126. The first-order valence-corrected chi connectivity index (χ1v) is 12.4. The number of benzene rings is 2. The molecule has 33 heavy (non-hydrogen) atoms. The standard InChI is InChI=1S/C27H28N2O3S/c1-26(2)11-17-12-27(3,14-26)15-29(17)13-19-21(30)9-8-16-10-18(25(31)32-23(16)19)24-28-20-6-4-5-7-22(20)33-24/h4-10,17,30H,11-15H2,1-3H3/t17-,27-/m1/s1. The van der Waals surface area contributed by atoms with Gasteiger partial charge < -0.3 is 9.52 Å². The van der Waals surface area contributed by atoms with Gasteiger partial charge in [-0.2, -0.15) is 0 Å². The smallest absolute Gasteiger partial charge is 0.346 e. The molecule has 170 valence electrons. The van der Waals surface area contributed by atoms with Gasteiger partial charge in [-0.05, 0) is 60.4 Å². The zero-order valence-electron chi connectivity index (χ0n) is 19.2. The fourth-order valence-electron chi connectivity index (χ4n) is 6.49. The summed E-state index contributed by atoms with van der Waals surface area (Å²) in [5, 5.41) is 12.2. The normalized spacial score (nSPS) is 24.6. The van der Waals surface area contributed by atoms with E-state index in [0.29, 0.717) is 45.1 Å². The molecule has 4 aromatic rings. The van der Waals surface area contributed by atoms with Gasteiger partial charge in [0.2, 0.25) is 0 Å². The van der Waals surface area contributed by atoms with Crippen LogP contribution < -0.4 is 5.63 Å². The van der Waals surface area contributed by atoms with Gasteiger partial charge in [-0.3, -0.25) is 4.90 Å². The van der Waals surface area contributed by atoms with Crippen molar-refractivity contribution in [3.63, 3.8) is 0 Å². The molecule has 0 radical (unpaired) electrons. The van der Waals surface area contributed by atoms with Crippen molar-refractivity contribution >= 4 is 32.5 Å². The molecule has 1 aliphatic heterocycles. The average Bonchev–Trinajstić information content (AvgIpc) is 3.27. The number of thiazole rings is 1. The number of aromatic nitrogens is 1. The van der Waals surface area contributed by atoms with E-state index in [9.17, 15) is 9.90 Å². The highest BCUT2D eigenvalue weighted by atomic mass is 32.1. The summed E-state index contributed by atoms with van der Waals surface area (Å²) in [6.45, 7) is 8.69. The van der Waals surface area contributed by atoms with Gasteiger partial charge >= 0.3 is 5.63 Å². The molecule has 6 heteroatoms. The van der Waals surface area contributed by atoms with Crippen molar-refractivity contribution in [3.05, 3.63) is 58.4 Å². The molecule has 2 fully saturated rings. The van der Waals surface area contributed by atoms with Crippen LogP contribution in [-0.4, -0.2) is 27.6 Å². The number of hydrogen-bond donors (Lipinski definition) is 1. The van der Waals surface area contributed by atoms with Crippen LogP contribution in [0.3, 0.4) is 0 Å². The Morgan fingerprint density at radius 3 is 2.82 bits per heavy atom. The van der Waals surface area contributed by atoms with Gasteiger partial charge in [0.15, 0.2) is 0 Å². The molecule has 0 amide bonds. The lowest BCUT2D eigenvalue weighted by atomic mass is 9.65. The van der Waals surface area contributed by atoms with Gasteiger partial charge in [-0.1, -0.05) is 32.9 Å². The molecule has 1 N–H and O–H groups in total. The van der Waals surface area contributed by atoms with Crippen LogP contribution in [-0.2, 0) is 6.54 Å². The molecule has 6 rings (SSSR count). The van der Waals surface area contributed by atoms with E-state index in [1.54, 1.807) is 6.07 Å². The maximum absolute atomic E-state index is 13.0. The van der Waals surface area contributed by atoms with E-state index in [4.69, 9.17) is 4.42 Å². The molecular formula is C27H28N2O3S. The van der Waals surface area contributed by atoms with Crippen LogP contribution in [0.25, 0.3) is 31.8 Å². The quantitative estimate of drug-likeness (QED) is 0.370. The number of fused-ring (bicyclic) bond motifs is 4. The Hall–Kier alpha value is -2.70. The summed E-state index contributed by atoms with van der Waals surface area (Å²) < 4.78 is 6.90. The Kier molecular flexibility index (Phi) is 4.52. The van der Waals surface area contributed by atoms with E-state index in [-0.39, 0.29) is 5.75 Å². The SMILES string of the molecule is CC1(C)C[C@@H]2C[C@@](C)(CN2Cc2c(O)ccc3cc(-c4nc5ccccc5s4)c(=O)oc23)C1. The largest absolute Gasteiger partial charge is 0.507 e. The number of likely N-dealkylation sites (tertiary alicyclic amines) is 1. The number of phenolic OH excluding ortho intramolecular Hbond substituents is 1. The van der Waals surface area contributed by atoms with E-state index in [1.165, 1.54) is 24.2 Å². The summed E-state index contributed by atoms with van der Waals surface area (Å²) in [6, 6.07) is 13.7. The lowest BCUT2D eigenvalue weighted by Gasteiger charge is -2.40. The number of hydrogen-bond acceptors (Lipinski definition) is 6. The second-order valence-electron chi connectivity index (χ2n) is 11.0. The minimum Gasteiger partial charge on any atom is -0.507 e. The molecule has 2 bridgehead atoms. The van der Waals surface area contributed by atoms with Crippen molar-refractivity contribution in [2.75, 3.05) is 6.54 Å². The monoisotopic (exact) mass is 460 g/mol. The van der Waals surface area contributed by atoms with Crippen molar-refractivity contribution in [3.8, 4) is 16.3 Å². The summed E-state index contributed by atoms with van der Waals surface area (Å²) in [7, 11) is 0. The summed E-state index contributed by atoms with van der Waals surface area (Å²) in [5.74, 6) is 0.184. The molecule has 0 unspecified atom stereocenters. The molecule has 2 aromatic carbocycles. The number of phenols is 1. The van der Waals surface area contributed by atoms with E-state index in [1.807, 2.05) is 36.4 Å². The van der Waals surface area contributed by atoms with Gasteiger partial charge in [-0.15, -0.1) is 11.3 Å². The second-order valence-corrected chi connectivity index (χ2v) is 12.1. The van der Waals surface area contributed by atoms with Gasteiger partial charge in [0.1, 0.15) is 16.3 Å². The van der Waals surface area contributed by atoms with E-state index < -0.39 is 5.63 Å². The first-order chi connectivity index (χ1) is 15.7. The van der Waals surface area contributed by atoms with Crippen molar-refractivity contribution < 1.29 is 9.52 Å². The van der Waals surface area contributed by atoms with Crippen molar-refractivity contribution in [2.45, 2.75) is 52.6 Å². The third kappa shape index (κ3) is 3.56. The Morgan fingerprint density at radius 2 is 2.00 bits per heavy atom. The summed E-state index contributed by atoms with van der Waals surface area (Å²) >= 11 is 1.49. The Labute approximate surface area is 196 Å². The molecular weight excluding hydrogens is 432 g/mol. The van der Waals surface area contributed by atoms with Crippen molar-refractivity contribution in [2.24, 2.45) is 10.8 Å². The van der Waals surface area contributed by atoms with Gasteiger partial charge in [0.05, 0.1) is 21.3 Å². The maximum Gasteiger partial charge on any atom is 0.346 e. The van der Waals surface area contributed by atoms with E-state index in [2.05, 4.69) is 30.7 Å². The topological polar surface area (TPSA) is 66.6 Å². The van der Waals surface area contributed by atoms with Crippen molar-refractivity contribution in [1.29, 1.82) is 0 Å². The van der Waals surface area contributed by atoms with Crippen LogP contribution in [0.15, 0.2) is 51.7 Å². The minimum absolute atomic E-state index is 0.184. The predicted molar refractivity (Wildman–Crippen MR) is 133 cm³/mol. The van der Waals surface area contributed by atoms with Crippen LogP contribution in [0.5, 0.6) is 5.75 Å². The van der Waals surface area contributed by atoms with Crippen molar-refractivity contribution in [1.82, 2.24) is 9.88 Å². The number of aromatic hydroxyl groups is 1. The Balaban J connectivity index is 1.40. The van der Waals surface area contributed by atoms with Crippen LogP contribution in [0.1, 0.15) is 45.6 Å². The van der Waals surface area contributed by atoms with Gasteiger partial charge in [-0.25, -0.2) is 9.78 Å². The maximum atomic E-state index is 13.0. The zero-order chi connectivity index (χ0) is 23.0. The molecule has 5 nitrogen and oxygen atoms in total. The van der Waals surface area contributed by atoms with Gasteiger partial charge in [0, 0.05) is 24.5 Å². The van der Waals surface area contributed by atoms with Gasteiger partial charge in [0.25, 0.3) is 0 Å². The molecule has 2 aromatic heterocycles. The van der Waals surface area contributed by atoms with Crippen LogP contribution >= 0.6 is 11.3 Å². The zero-order valence-corrected chi connectivity index (χ0v) is 20.0. The third-order valence-corrected chi connectivity index (χ3v) is 8.46. The average molecular weight is 461 g/mol. The number of nitrogens with zero attached hydrogens (tertiary/aromatic N) is 2. The van der Waals surface area contributed by atoms with Crippen LogP contribution in [0, 0.1) is 10.8 Å². The first-order valence-electron chi connectivity index (χ1n) is 11.6. The number of para-hydroxylation sites is 1. The highest BCUT2D eigenvalue weighted by Crippen LogP contribution is 2.53. The second kappa shape index (κ2) is 7.15. The van der Waals surface area contributed by atoms with Crippen LogP contribution in [0.4, 0.5) is 0 Å². The number of rotatable bonds is 3. The summed E-state index contributed by atoms with van der Waals surface area (Å²) in [5.41, 5.74) is 2.73. The van der Waals surface area contributed by atoms with E-state index in [0.717, 1.165) is 28.6 Å². The molecule has 0 spiro atoms. The fraction of sp³-hybridized carbons (Fsp3) is 0.407. The third-order valence-electron chi connectivity index (χ3n) is 7.39. The molecule has 1 aliphatic carbocycles. The van der Waals surface area contributed by atoms with Crippen LogP contribution in [0.2, 0.25) is 0 Å². The molecule has 1 saturated carbocycles. The highest BCUT2D eigenvalue weighted by molar-refractivity contribution is 7.21. The Morgan fingerprint density at radius 1 is 1.18 bits per heavy atom.